The predicted octanol–water partition coefficient (Wildman–Crippen LogP) is 5.37. The average molecular weight is 592 g/mol. The van der Waals surface area contributed by atoms with Crippen molar-refractivity contribution in [3.8, 4) is 5.75 Å². The second kappa shape index (κ2) is 13.9. The number of anilines is 1. The smallest absolute Gasteiger partial charge is 0.264 e. The molecule has 1 aliphatic rings. The quantitative estimate of drug-likeness (QED) is 0.305. The van der Waals surface area contributed by atoms with Crippen molar-refractivity contribution < 1.29 is 22.7 Å². The number of nitrogens with one attached hydrogen (secondary N) is 1. The van der Waals surface area contributed by atoms with Gasteiger partial charge in [-0.2, -0.15) is 0 Å². The van der Waals surface area contributed by atoms with Crippen molar-refractivity contribution in [3.63, 3.8) is 0 Å². The topological polar surface area (TPSA) is 96.0 Å². The molecule has 4 rings (SSSR count). The molecule has 0 saturated heterocycles. The lowest BCUT2D eigenvalue weighted by atomic mass is 10.1. The first-order valence-corrected chi connectivity index (χ1v) is 16.0. The Hall–Kier alpha value is -3.85. The fourth-order valence-corrected chi connectivity index (χ4v) is 6.64. The zero-order chi connectivity index (χ0) is 30.3. The summed E-state index contributed by atoms with van der Waals surface area (Å²) in [6.45, 7) is 7.60. The molecule has 1 aliphatic carbocycles. The van der Waals surface area contributed by atoms with E-state index in [9.17, 15) is 18.0 Å². The van der Waals surface area contributed by atoms with E-state index in [2.05, 4.69) is 5.32 Å². The fourth-order valence-electron chi connectivity index (χ4n) is 5.22. The largest absolute Gasteiger partial charge is 0.494 e. The molecular weight excluding hydrogens is 550 g/mol. The van der Waals surface area contributed by atoms with Crippen LogP contribution < -0.4 is 14.4 Å². The van der Waals surface area contributed by atoms with E-state index < -0.39 is 28.5 Å². The first-order chi connectivity index (χ1) is 20.1. The van der Waals surface area contributed by atoms with Gasteiger partial charge in [0.25, 0.3) is 10.0 Å². The maximum Gasteiger partial charge on any atom is 0.264 e. The van der Waals surface area contributed by atoms with E-state index in [4.69, 9.17) is 4.74 Å². The molecule has 3 aromatic carbocycles. The summed E-state index contributed by atoms with van der Waals surface area (Å²) in [6, 6.07) is 20.2. The number of hydrogen-bond acceptors (Lipinski definition) is 5. The van der Waals surface area contributed by atoms with Crippen molar-refractivity contribution in [2.24, 2.45) is 0 Å². The molecule has 0 radical (unpaired) electrons. The SMILES string of the molecule is CCOc1ccc(S(=O)(=O)N(CC(=O)N(Cc2cccc(C)c2)[C@H](C)C(=O)NC2CCCC2)c2ccc(C)cc2)cc1. The van der Waals surface area contributed by atoms with Gasteiger partial charge in [-0.25, -0.2) is 8.42 Å². The van der Waals surface area contributed by atoms with Gasteiger partial charge in [0.1, 0.15) is 18.3 Å². The van der Waals surface area contributed by atoms with E-state index in [1.807, 2.05) is 57.2 Å². The summed E-state index contributed by atoms with van der Waals surface area (Å²) in [7, 11) is -4.14. The minimum atomic E-state index is -4.14. The van der Waals surface area contributed by atoms with Crippen molar-refractivity contribution in [2.45, 2.75) is 76.9 Å². The molecule has 1 N–H and O–H groups in total. The molecule has 0 spiro atoms. The number of hydrogen-bond donors (Lipinski definition) is 1. The highest BCUT2D eigenvalue weighted by molar-refractivity contribution is 7.92. The van der Waals surface area contributed by atoms with Gasteiger partial charge in [-0.05, 0) is 82.5 Å². The maximum absolute atomic E-state index is 14.1. The summed E-state index contributed by atoms with van der Waals surface area (Å²) < 4.78 is 34.6. The Balaban J connectivity index is 1.67. The zero-order valence-corrected chi connectivity index (χ0v) is 25.7. The minimum Gasteiger partial charge on any atom is -0.494 e. The molecule has 1 atom stereocenters. The molecule has 224 valence electrons. The van der Waals surface area contributed by atoms with Crippen molar-refractivity contribution >= 4 is 27.5 Å². The number of sulfonamides is 1. The minimum absolute atomic E-state index is 0.0385. The average Bonchev–Trinajstić information content (AvgIpc) is 3.48. The summed E-state index contributed by atoms with van der Waals surface area (Å²) in [6.07, 6.45) is 3.98. The molecule has 1 saturated carbocycles. The number of rotatable bonds is 12. The monoisotopic (exact) mass is 591 g/mol. The van der Waals surface area contributed by atoms with Crippen LogP contribution in [0.15, 0.2) is 77.7 Å². The van der Waals surface area contributed by atoms with Gasteiger partial charge in [0.2, 0.25) is 11.8 Å². The summed E-state index contributed by atoms with van der Waals surface area (Å²) in [5, 5.41) is 3.10. The van der Waals surface area contributed by atoms with Gasteiger partial charge in [0.05, 0.1) is 17.2 Å². The molecular formula is C33H41N3O5S. The van der Waals surface area contributed by atoms with Gasteiger partial charge in [0.15, 0.2) is 0 Å². The Bertz CT molecular complexity index is 1470. The highest BCUT2D eigenvalue weighted by Crippen LogP contribution is 2.27. The number of amides is 2. The van der Waals surface area contributed by atoms with Gasteiger partial charge in [-0.1, -0.05) is 60.4 Å². The van der Waals surface area contributed by atoms with Crippen LogP contribution >= 0.6 is 0 Å². The standard InChI is InChI=1S/C33H41N3O5S/c1-5-41-30-17-19-31(20-18-30)42(39,40)36(29-15-13-24(2)14-16-29)23-32(37)35(22-27-10-8-9-25(3)21-27)26(4)33(38)34-28-11-6-7-12-28/h8-10,13-21,26,28H,5-7,11-12,22-23H2,1-4H3,(H,34,38)/t26-/m1/s1. The lowest BCUT2D eigenvalue weighted by molar-refractivity contribution is -0.139. The van der Waals surface area contributed by atoms with Gasteiger partial charge >= 0.3 is 0 Å². The number of aryl methyl sites for hydroxylation is 2. The van der Waals surface area contributed by atoms with Crippen molar-refractivity contribution in [1.82, 2.24) is 10.2 Å². The lowest BCUT2D eigenvalue weighted by Crippen LogP contribution is -2.52. The molecule has 0 bridgehead atoms. The number of carbonyl (C=O) groups is 2. The normalized spacial score (nSPS) is 14.3. The Labute approximate surface area is 249 Å². The van der Waals surface area contributed by atoms with Gasteiger partial charge in [0, 0.05) is 12.6 Å². The Kier molecular flexibility index (Phi) is 10.3. The van der Waals surface area contributed by atoms with Crippen LogP contribution in [0.2, 0.25) is 0 Å². The Morgan fingerprint density at radius 2 is 1.62 bits per heavy atom. The highest BCUT2D eigenvalue weighted by Gasteiger charge is 2.33. The van der Waals surface area contributed by atoms with Crippen LogP contribution in [-0.2, 0) is 26.2 Å². The third-order valence-electron chi connectivity index (χ3n) is 7.63. The van der Waals surface area contributed by atoms with E-state index in [-0.39, 0.29) is 23.4 Å². The van der Waals surface area contributed by atoms with Crippen LogP contribution in [-0.4, -0.2) is 50.4 Å². The third kappa shape index (κ3) is 7.70. The molecule has 0 aromatic heterocycles. The Morgan fingerprint density at radius 3 is 2.24 bits per heavy atom. The van der Waals surface area contributed by atoms with Gasteiger partial charge < -0.3 is 15.0 Å². The third-order valence-corrected chi connectivity index (χ3v) is 9.42. The van der Waals surface area contributed by atoms with Crippen molar-refractivity contribution in [1.29, 1.82) is 0 Å². The molecule has 3 aromatic rings. The van der Waals surface area contributed by atoms with E-state index in [0.29, 0.717) is 18.0 Å². The maximum atomic E-state index is 14.1. The second-order valence-corrected chi connectivity index (χ2v) is 12.8. The molecule has 9 heteroatoms. The summed E-state index contributed by atoms with van der Waals surface area (Å²) in [5.41, 5.74) is 3.21. The molecule has 0 aliphatic heterocycles. The summed E-state index contributed by atoms with van der Waals surface area (Å²) >= 11 is 0. The number of ether oxygens (including phenoxy) is 1. The molecule has 1 fully saturated rings. The number of carbonyl (C=O) groups excluding carboxylic acids is 2. The van der Waals surface area contributed by atoms with Crippen LogP contribution in [0, 0.1) is 13.8 Å². The Morgan fingerprint density at radius 1 is 0.952 bits per heavy atom. The van der Waals surface area contributed by atoms with Crippen LogP contribution in [0.3, 0.4) is 0 Å². The van der Waals surface area contributed by atoms with Crippen molar-refractivity contribution in [2.75, 3.05) is 17.5 Å². The lowest BCUT2D eigenvalue weighted by Gasteiger charge is -2.32. The number of nitrogens with zero attached hydrogens (tertiary/aromatic N) is 2. The molecule has 42 heavy (non-hydrogen) atoms. The zero-order valence-electron chi connectivity index (χ0n) is 24.9. The van der Waals surface area contributed by atoms with Crippen molar-refractivity contribution in [3.05, 3.63) is 89.5 Å². The van der Waals surface area contributed by atoms with Gasteiger partial charge in [-0.3, -0.25) is 13.9 Å². The number of benzene rings is 3. The van der Waals surface area contributed by atoms with E-state index >= 15 is 0 Å². The van der Waals surface area contributed by atoms with Crippen LogP contribution in [0.4, 0.5) is 5.69 Å². The molecule has 0 unspecified atom stereocenters. The molecule has 2 amide bonds. The van der Waals surface area contributed by atoms with Crippen LogP contribution in [0.5, 0.6) is 5.75 Å². The molecule has 8 nitrogen and oxygen atoms in total. The summed E-state index contributed by atoms with van der Waals surface area (Å²) in [4.78, 5) is 29.0. The first kappa shape index (κ1) is 31.1. The van der Waals surface area contributed by atoms with E-state index in [0.717, 1.165) is 46.7 Å². The van der Waals surface area contributed by atoms with Gasteiger partial charge in [-0.15, -0.1) is 0 Å². The fraction of sp³-hybridized carbons (Fsp3) is 0.394. The van der Waals surface area contributed by atoms with Crippen LogP contribution in [0.25, 0.3) is 0 Å². The predicted molar refractivity (Wildman–Crippen MR) is 165 cm³/mol. The highest BCUT2D eigenvalue weighted by atomic mass is 32.2. The second-order valence-electron chi connectivity index (χ2n) is 10.9. The first-order valence-electron chi connectivity index (χ1n) is 14.6. The van der Waals surface area contributed by atoms with Crippen LogP contribution in [0.1, 0.15) is 56.2 Å². The van der Waals surface area contributed by atoms with E-state index in [1.165, 1.54) is 17.0 Å². The molecule has 0 heterocycles. The van der Waals surface area contributed by atoms with E-state index in [1.54, 1.807) is 31.2 Å². The summed E-state index contributed by atoms with van der Waals surface area (Å²) in [5.74, 6) is -0.152.